The van der Waals surface area contributed by atoms with Gasteiger partial charge in [0.1, 0.15) is 6.04 Å². The van der Waals surface area contributed by atoms with Gasteiger partial charge in [0, 0.05) is 26.1 Å². The van der Waals surface area contributed by atoms with Crippen LogP contribution in [-0.4, -0.2) is 53.2 Å². The fourth-order valence-electron chi connectivity index (χ4n) is 3.74. The van der Waals surface area contributed by atoms with Crippen molar-refractivity contribution < 1.29 is 19.2 Å². The molecule has 4 rings (SSSR count). The van der Waals surface area contributed by atoms with Crippen LogP contribution >= 0.6 is 0 Å². The largest absolute Gasteiger partial charge is 0.312 e. The monoisotopic (exact) mass is 368 g/mol. The Morgan fingerprint density at radius 2 is 2.00 bits per heavy atom. The molecule has 3 heterocycles. The number of nitrogens with one attached hydrogen (secondary N) is 3. The Bertz CT molecular complexity index is 874. The van der Waals surface area contributed by atoms with Crippen molar-refractivity contribution in [3.63, 3.8) is 0 Å². The summed E-state index contributed by atoms with van der Waals surface area (Å²) in [5.74, 6) is -1.97. The maximum absolute atomic E-state index is 13.0. The first-order chi connectivity index (χ1) is 13.0. The predicted octanol–water partition coefficient (Wildman–Crippen LogP) is -0.295. The summed E-state index contributed by atoms with van der Waals surface area (Å²) < 4.78 is 0. The molecule has 0 aromatic heterocycles. The molecular weight excluding hydrogens is 348 g/mol. The Kier molecular flexibility index (Phi) is 4.16. The third kappa shape index (κ3) is 2.77. The van der Waals surface area contributed by atoms with Crippen molar-refractivity contribution in [2.75, 3.05) is 13.1 Å². The minimum Gasteiger partial charge on any atom is -0.312 e. The summed E-state index contributed by atoms with van der Waals surface area (Å²) in [6, 6.07) is 4.17. The molecule has 27 heavy (non-hydrogen) atoms. The summed E-state index contributed by atoms with van der Waals surface area (Å²) in [4.78, 5) is 50.3. The highest BCUT2D eigenvalue weighted by Gasteiger charge is 2.45. The fourth-order valence-corrected chi connectivity index (χ4v) is 3.74. The highest BCUT2D eigenvalue weighted by atomic mass is 16.2. The van der Waals surface area contributed by atoms with Crippen molar-refractivity contribution in [1.82, 2.24) is 20.9 Å². The molecule has 2 fully saturated rings. The molecule has 1 aromatic rings. The molecule has 0 aliphatic carbocycles. The van der Waals surface area contributed by atoms with Gasteiger partial charge in [-0.15, -0.1) is 6.58 Å². The zero-order valence-electron chi connectivity index (χ0n) is 14.7. The van der Waals surface area contributed by atoms with E-state index in [2.05, 4.69) is 22.5 Å². The molecule has 8 heteroatoms. The van der Waals surface area contributed by atoms with E-state index in [0.29, 0.717) is 23.2 Å². The average molecular weight is 368 g/mol. The summed E-state index contributed by atoms with van der Waals surface area (Å²) in [5.41, 5.74) is 1.10. The normalized spacial score (nSPS) is 23.7. The number of imide groups is 2. The summed E-state index contributed by atoms with van der Waals surface area (Å²) in [7, 11) is 0. The summed E-state index contributed by atoms with van der Waals surface area (Å²) in [6.07, 6.45) is 2.09. The van der Waals surface area contributed by atoms with Crippen LogP contribution in [-0.2, 0) is 16.1 Å². The van der Waals surface area contributed by atoms with Gasteiger partial charge in [-0.2, -0.15) is 0 Å². The zero-order chi connectivity index (χ0) is 19.2. The lowest BCUT2D eigenvalue weighted by Gasteiger charge is -2.41. The topological polar surface area (TPSA) is 108 Å². The molecule has 8 nitrogen and oxygen atoms in total. The number of nitrogens with zero attached hydrogens (tertiary/aromatic N) is 1. The Hall–Kier alpha value is -2.84. The molecule has 140 valence electrons. The van der Waals surface area contributed by atoms with Gasteiger partial charge in [0.25, 0.3) is 11.8 Å². The molecule has 1 unspecified atom stereocenters. The molecule has 2 saturated heterocycles. The van der Waals surface area contributed by atoms with E-state index in [0.717, 1.165) is 18.0 Å². The first-order valence-corrected chi connectivity index (χ1v) is 8.88. The van der Waals surface area contributed by atoms with Crippen LogP contribution in [0.15, 0.2) is 30.9 Å². The van der Waals surface area contributed by atoms with Crippen molar-refractivity contribution in [2.24, 2.45) is 0 Å². The Labute approximate surface area is 156 Å². The first-order valence-electron chi connectivity index (χ1n) is 8.88. The van der Waals surface area contributed by atoms with Crippen LogP contribution in [0.2, 0.25) is 0 Å². The smallest absolute Gasteiger partial charge is 0.262 e. The number of fused-ring (bicyclic) bond motifs is 1. The van der Waals surface area contributed by atoms with Crippen LogP contribution in [0.25, 0.3) is 0 Å². The van der Waals surface area contributed by atoms with Gasteiger partial charge in [-0.1, -0.05) is 18.2 Å². The van der Waals surface area contributed by atoms with Crippen molar-refractivity contribution in [2.45, 2.75) is 31.0 Å². The number of rotatable bonds is 5. The highest BCUT2D eigenvalue weighted by Crippen LogP contribution is 2.30. The van der Waals surface area contributed by atoms with Gasteiger partial charge < -0.3 is 10.6 Å². The van der Waals surface area contributed by atoms with Crippen molar-refractivity contribution >= 4 is 23.6 Å². The lowest BCUT2D eigenvalue weighted by Crippen LogP contribution is -2.66. The van der Waals surface area contributed by atoms with Crippen molar-refractivity contribution in [3.05, 3.63) is 47.5 Å². The van der Waals surface area contributed by atoms with Crippen LogP contribution in [0.5, 0.6) is 0 Å². The Morgan fingerprint density at radius 3 is 2.63 bits per heavy atom. The number of carbonyl (C=O) groups excluding carboxylic acids is 4. The fraction of sp³-hybridized carbons (Fsp3) is 0.368. The summed E-state index contributed by atoms with van der Waals surface area (Å²) in [6.45, 7) is 5.75. The van der Waals surface area contributed by atoms with E-state index in [1.165, 1.54) is 0 Å². The van der Waals surface area contributed by atoms with Crippen LogP contribution in [0.3, 0.4) is 0 Å². The van der Waals surface area contributed by atoms with Gasteiger partial charge in [-0.25, -0.2) is 0 Å². The quantitative estimate of drug-likeness (QED) is 0.487. The van der Waals surface area contributed by atoms with Gasteiger partial charge in [0.15, 0.2) is 0 Å². The number of piperidine rings is 1. The third-order valence-corrected chi connectivity index (χ3v) is 5.46. The maximum atomic E-state index is 13.0. The van der Waals surface area contributed by atoms with Crippen LogP contribution in [0, 0.1) is 0 Å². The second kappa shape index (κ2) is 6.40. The lowest BCUT2D eigenvalue weighted by atomic mass is 9.92. The molecule has 3 aliphatic rings. The van der Waals surface area contributed by atoms with E-state index in [1.54, 1.807) is 18.2 Å². The third-order valence-electron chi connectivity index (χ3n) is 5.46. The molecule has 3 N–H and O–H groups in total. The van der Waals surface area contributed by atoms with E-state index in [1.807, 2.05) is 6.08 Å². The number of carbonyl (C=O) groups is 4. The number of benzene rings is 1. The minimum absolute atomic E-state index is 0.104. The number of hydrogen-bond acceptors (Lipinski definition) is 6. The molecule has 1 atom stereocenters. The summed E-state index contributed by atoms with van der Waals surface area (Å²) in [5, 5.41) is 8.77. The average Bonchev–Trinajstić information content (AvgIpc) is 2.87. The zero-order valence-corrected chi connectivity index (χ0v) is 14.7. The highest BCUT2D eigenvalue weighted by molar-refractivity contribution is 6.24. The van der Waals surface area contributed by atoms with Crippen LogP contribution in [0.1, 0.15) is 39.1 Å². The van der Waals surface area contributed by atoms with Gasteiger partial charge in [0.2, 0.25) is 11.8 Å². The van der Waals surface area contributed by atoms with E-state index in [4.69, 9.17) is 0 Å². The van der Waals surface area contributed by atoms with Gasteiger partial charge >= 0.3 is 0 Å². The Balaban J connectivity index is 1.60. The van der Waals surface area contributed by atoms with Crippen molar-refractivity contribution in [3.8, 4) is 0 Å². The molecule has 4 amide bonds. The molecular formula is C19H20N4O4. The standard InChI is InChI=1S/C19H20N4O4/c1-2-19(9-20-10-19)21-8-11-4-3-5-12-15(11)18(27)23(17(12)26)13-6-7-14(24)22-16(13)25/h2-5,13,20-21H,1,6-10H2,(H,22,24,25). The van der Waals surface area contributed by atoms with E-state index in [9.17, 15) is 19.2 Å². The van der Waals surface area contributed by atoms with Crippen LogP contribution in [0.4, 0.5) is 0 Å². The lowest BCUT2D eigenvalue weighted by molar-refractivity contribution is -0.136. The summed E-state index contributed by atoms with van der Waals surface area (Å²) >= 11 is 0. The van der Waals surface area contributed by atoms with Crippen molar-refractivity contribution in [1.29, 1.82) is 0 Å². The van der Waals surface area contributed by atoms with Crippen LogP contribution < -0.4 is 16.0 Å². The second-order valence-electron chi connectivity index (χ2n) is 7.10. The maximum Gasteiger partial charge on any atom is 0.262 e. The number of amides is 4. The SMILES string of the molecule is C=CC1(NCc2cccc3c2C(=O)N(C2CCC(=O)NC2=O)C3=O)CNC1. The van der Waals surface area contributed by atoms with Gasteiger partial charge in [-0.05, 0) is 18.1 Å². The molecule has 0 saturated carbocycles. The Morgan fingerprint density at radius 1 is 1.22 bits per heavy atom. The van der Waals surface area contributed by atoms with E-state index in [-0.39, 0.29) is 24.3 Å². The molecule has 3 aliphatic heterocycles. The van der Waals surface area contributed by atoms with Gasteiger partial charge in [-0.3, -0.25) is 29.4 Å². The minimum atomic E-state index is -0.953. The van der Waals surface area contributed by atoms with Gasteiger partial charge in [0.05, 0.1) is 16.7 Å². The molecule has 0 radical (unpaired) electrons. The molecule has 1 aromatic carbocycles. The van der Waals surface area contributed by atoms with E-state index < -0.39 is 23.8 Å². The second-order valence-corrected chi connectivity index (χ2v) is 7.10. The molecule has 0 bridgehead atoms. The predicted molar refractivity (Wildman–Crippen MR) is 95.8 cm³/mol. The number of hydrogen-bond donors (Lipinski definition) is 3. The van der Waals surface area contributed by atoms with E-state index >= 15 is 0 Å². The molecule has 0 spiro atoms. The first kappa shape index (κ1) is 17.6.